The van der Waals surface area contributed by atoms with Gasteiger partial charge in [-0.05, 0) is 12.3 Å². The van der Waals surface area contributed by atoms with E-state index in [0.717, 1.165) is 0 Å². The van der Waals surface area contributed by atoms with E-state index in [1.807, 2.05) is 13.8 Å². The van der Waals surface area contributed by atoms with Crippen molar-refractivity contribution in [2.75, 3.05) is 51.9 Å². The van der Waals surface area contributed by atoms with Gasteiger partial charge in [0.25, 0.3) is 0 Å². The molecule has 0 radical (unpaired) electrons. The lowest BCUT2D eigenvalue weighted by atomic mass is 9.97. The van der Waals surface area contributed by atoms with Gasteiger partial charge >= 0.3 is 0 Å². The molecule has 8 heteroatoms. The molecule has 3 N–H and O–H groups in total. The Bertz CT molecular complexity index is 331. The molecule has 7 nitrogen and oxygen atoms in total. The summed E-state index contributed by atoms with van der Waals surface area (Å²) < 4.78 is 10.4. The molecular weight excluding hydrogens is 320 g/mol. The van der Waals surface area contributed by atoms with Crippen LogP contribution in [0.4, 0.5) is 0 Å². The average Bonchev–Trinajstić information content (AvgIpc) is 2.54. The summed E-state index contributed by atoms with van der Waals surface area (Å²) in [6, 6.07) is 0. The molecule has 0 heterocycles. The number of carbonyl (C=O) groups excluding carboxylic acids is 2. The highest BCUT2D eigenvalue weighted by atomic mass is 32.1. The summed E-state index contributed by atoms with van der Waals surface area (Å²) in [5.41, 5.74) is 0. The number of hydrogen-bond acceptors (Lipinski definition) is 6. The molecule has 0 aliphatic heterocycles. The Morgan fingerprint density at radius 2 is 1.78 bits per heavy atom. The third-order valence-corrected chi connectivity index (χ3v) is 3.32. The first-order valence-electron chi connectivity index (χ1n) is 7.92. The molecule has 2 amide bonds. The Morgan fingerprint density at radius 1 is 1.09 bits per heavy atom. The van der Waals surface area contributed by atoms with E-state index in [1.165, 1.54) is 0 Å². The third kappa shape index (κ3) is 13.3. The van der Waals surface area contributed by atoms with Gasteiger partial charge in [-0.15, -0.1) is 0 Å². The van der Waals surface area contributed by atoms with Crippen molar-refractivity contribution in [3.8, 4) is 0 Å². The van der Waals surface area contributed by atoms with Crippen LogP contribution < -0.4 is 10.6 Å². The second-order valence-electron chi connectivity index (χ2n) is 5.45. The van der Waals surface area contributed by atoms with E-state index in [2.05, 4.69) is 23.3 Å². The highest BCUT2D eigenvalue weighted by Crippen LogP contribution is 2.10. The van der Waals surface area contributed by atoms with Gasteiger partial charge < -0.3 is 25.2 Å². The van der Waals surface area contributed by atoms with Gasteiger partial charge in [0.15, 0.2) is 0 Å². The minimum Gasteiger partial charge on any atom is -0.396 e. The highest BCUT2D eigenvalue weighted by molar-refractivity contribution is 7.80. The molecule has 0 bridgehead atoms. The Labute approximate surface area is 143 Å². The molecule has 2 unspecified atom stereocenters. The zero-order valence-corrected chi connectivity index (χ0v) is 14.9. The van der Waals surface area contributed by atoms with Crippen LogP contribution in [0.15, 0.2) is 0 Å². The van der Waals surface area contributed by atoms with Gasteiger partial charge in [0.05, 0.1) is 19.8 Å². The van der Waals surface area contributed by atoms with Crippen molar-refractivity contribution < 1.29 is 24.2 Å². The first-order chi connectivity index (χ1) is 11.0. The van der Waals surface area contributed by atoms with Crippen LogP contribution in [0.5, 0.6) is 0 Å². The lowest BCUT2D eigenvalue weighted by Gasteiger charge is -2.15. The first kappa shape index (κ1) is 22.2. The van der Waals surface area contributed by atoms with E-state index in [9.17, 15) is 9.59 Å². The topological polar surface area (TPSA) is 96.9 Å². The summed E-state index contributed by atoms with van der Waals surface area (Å²) in [4.78, 5) is 23.0. The molecule has 0 spiro atoms. The van der Waals surface area contributed by atoms with Crippen molar-refractivity contribution in [2.24, 2.45) is 11.8 Å². The number of aliphatic hydroxyl groups excluding tert-OH is 1. The minimum absolute atomic E-state index is 0.00836. The molecule has 0 aromatic heterocycles. The van der Waals surface area contributed by atoms with Gasteiger partial charge in [-0.25, -0.2) is 0 Å². The molecule has 2 atom stereocenters. The van der Waals surface area contributed by atoms with Crippen molar-refractivity contribution in [1.29, 1.82) is 0 Å². The zero-order chi connectivity index (χ0) is 17.5. The second-order valence-corrected chi connectivity index (χ2v) is 5.90. The number of thiol groups is 1. The van der Waals surface area contributed by atoms with E-state index in [0.29, 0.717) is 45.1 Å². The van der Waals surface area contributed by atoms with Crippen LogP contribution in [0.25, 0.3) is 0 Å². The molecule has 136 valence electrons. The predicted octanol–water partition coefficient (Wildman–Crippen LogP) is -0.164. The van der Waals surface area contributed by atoms with Gasteiger partial charge in [-0.2, -0.15) is 12.6 Å². The van der Waals surface area contributed by atoms with Crippen molar-refractivity contribution in [3.05, 3.63) is 0 Å². The van der Waals surface area contributed by atoms with E-state index in [-0.39, 0.29) is 36.9 Å². The van der Waals surface area contributed by atoms with Gasteiger partial charge in [0.2, 0.25) is 11.8 Å². The normalized spacial score (nSPS) is 13.4. The maximum atomic E-state index is 11.8. The fourth-order valence-electron chi connectivity index (χ4n) is 1.84. The smallest absolute Gasteiger partial charge is 0.246 e. The largest absolute Gasteiger partial charge is 0.396 e. The van der Waals surface area contributed by atoms with Crippen LogP contribution >= 0.6 is 12.6 Å². The third-order valence-electron chi connectivity index (χ3n) is 3.10. The number of amides is 2. The average molecular weight is 350 g/mol. The van der Waals surface area contributed by atoms with Crippen molar-refractivity contribution in [2.45, 2.75) is 20.3 Å². The summed E-state index contributed by atoms with van der Waals surface area (Å²) in [7, 11) is 0. The van der Waals surface area contributed by atoms with Crippen LogP contribution in [-0.2, 0) is 19.1 Å². The van der Waals surface area contributed by atoms with E-state index in [4.69, 9.17) is 14.6 Å². The SMILES string of the molecule is CC(CO)CC(C)C(=O)NCCOCCOCC(=O)NCCS. The Kier molecular flexibility index (Phi) is 14.2. The Morgan fingerprint density at radius 3 is 2.43 bits per heavy atom. The van der Waals surface area contributed by atoms with E-state index in [1.54, 1.807) is 0 Å². The van der Waals surface area contributed by atoms with Crippen LogP contribution in [0.2, 0.25) is 0 Å². The van der Waals surface area contributed by atoms with Crippen LogP contribution in [0.1, 0.15) is 20.3 Å². The number of nitrogens with one attached hydrogen (secondary N) is 2. The number of ether oxygens (including phenoxy) is 2. The molecule has 0 rings (SSSR count). The van der Waals surface area contributed by atoms with E-state index >= 15 is 0 Å². The van der Waals surface area contributed by atoms with Crippen molar-refractivity contribution in [3.63, 3.8) is 0 Å². The van der Waals surface area contributed by atoms with E-state index < -0.39 is 0 Å². The fraction of sp³-hybridized carbons (Fsp3) is 0.867. The fourth-order valence-corrected chi connectivity index (χ4v) is 1.95. The highest BCUT2D eigenvalue weighted by Gasteiger charge is 2.15. The van der Waals surface area contributed by atoms with Crippen molar-refractivity contribution >= 4 is 24.4 Å². The maximum Gasteiger partial charge on any atom is 0.246 e. The van der Waals surface area contributed by atoms with Crippen LogP contribution in [0, 0.1) is 11.8 Å². The maximum absolute atomic E-state index is 11.8. The lowest BCUT2D eigenvalue weighted by molar-refractivity contribution is -0.127. The molecule has 23 heavy (non-hydrogen) atoms. The number of hydrogen-bond donors (Lipinski definition) is 4. The molecule has 0 aromatic rings. The van der Waals surface area contributed by atoms with Crippen LogP contribution in [0.3, 0.4) is 0 Å². The summed E-state index contributed by atoms with van der Waals surface area (Å²) in [5.74, 6) is 0.381. The molecule has 0 aliphatic rings. The monoisotopic (exact) mass is 350 g/mol. The summed E-state index contributed by atoms with van der Waals surface area (Å²) >= 11 is 3.98. The number of rotatable bonds is 14. The Hall–Kier alpha value is -0.830. The number of carbonyl (C=O) groups is 2. The predicted molar refractivity (Wildman–Crippen MR) is 91.5 cm³/mol. The standard InChI is InChI=1S/C15H30N2O5S/c1-12(10-18)9-13(2)15(20)17-3-5-21-6-7-22-11-14(19)16-4-8-23/h12-13,18,23H,3-11H2,1-2H3,(H,16,19)(H,17,20). The second kappa shape index (κ2) is 14.7. The molecule has 0 aromatic carbocycles. The zero-order valence-electron chi connectivity index (χ0n) is 14.0. The van der Waals surface area contributed by atoms with Crippen molar-refractivity contribution in [1.82, 2.24) is 10.6 Å². The molecular formula is C15H30N2O5S. The van der Waals surface area contributed by atoms with Gasteiger partial charge in [0.1, 0.15) is 6.61 Å². The lowest BCUT2D eigenvalue weighted by Crippen LogP contribution is -2.33. The number of aliphatic hydroxyl groups is 1. The molecule has 0 aliphatic carbocycles. The summed E-state index contributed by atoms with van der Waals surface area (Å²) in [6.45, 7) is 5.89. The van der Waals surface area contributed by atoms with Crippen LogP contribution in [-0.4, -0.2) is 68.8 Å². The van der Waals surface area contributed by atoms with Gasteiger partial charge in [0, 0.05) is 31.4 Å². The molecule has 0 fully saturated rings. The van der Waals surface area contributed by atoms with Gasteiger partial charge in [-0.3, -0.25) is 9.59 Å². The Balaban J connectivity index is 3.45. The summed E-state index contributed by atoms with van der Waals surface area (Å²) in [6.07, 6.45) is 0.659. The minimum atomic E-state index is -0.169. The van der Waals surface area contributed by atoms with Gasteiger partial charge in [-0.1, -0.05) is 13.8 Å². The molecule has 0 saturated heterocycles. The first-order valence-corrected chi connectivity index (χ1v) is 8.56. The quantitative estimate of drug-likeness (QED) is 0.258. The molecule has 0 saturated carbocycles. The summed E-state index contributed by atoms with van der Waals surface area (Å²) in [5, 5.41) is 14.4.